The van der Waals surface area contributed by atoms with E-state index in [1.54, 1.807) is 36.4 Å². The molecular weight excluding hydrogens is 404 g/mol. The van der Waals surface area contributed by atoms with Crippen molar-refractivity contribution < 1.29 is 23.5 Å². The van der Waals surface area contributed by atoms with Crippen molar-refractivity contribution in [3.63, 3.8) is 0 Å². The van der Waals surface area contributed by atoms with E-state index in [2.05, 4.69) is 10.6 Å². The number of furan rings is 2. The van der Waals surface area contributed by atoms with Gasteiger partial charge in [0.2, 0.25) is 0 Å². The number of aliphatic hydroxyl groups excluding tert-OH is 1. The average molecular weight is 422 g/mol. The molecule has 152 valence electrons. The van der Waals surface area contributed by atoms with Crippen LogP contribution in [0.15, 0.2) is 69.5 Å². The number of fused-ring (bicyclic) bond motifs is 1. The van der Waals surface area contributed by atoms with Gasteiger partial charge in [-0.25, -0.2) is 0 Å². The van der Waals surface area contributed by atoms with E-state index in [1.165, 1.54) is 7.11 Å². The summed E-state index contributed by atoms with van der Waals surface area (Å²) in [6.45, 7) is -0.181. The predicted molar refractivity (Wildman–Crippen MR) is 117 cm³/mol. The summed E-state index contributed by atoms with van der Waals surface area (Å²) in [5.74, 6) is 1.28. The molecule has 0 saturated heterocycles. The average Bonchev–Trinajstić information content (AvgIpc) is 3.40. The third-order valence-corrected chi connectivity index (χ3v) is 4.63. The van der Waals surface area contributed by atoms with Gasteiger partial charge in [0.05, 0.1) is 12.8 Å². The Hall–Kier alpha value is -3.62. The summed E-state index contributed by atoms with van der Waals surface area (Å²) < 4.78 is 16.5. The number of thiocarbonyl (C=S) groups is 1. The van der Waals surface area contributed by atoms with Crippen molar-refractivity contribution in [1.82, 2.24) is 5.32 Å². The van der Waals surface area contributed by atoms with E-state index in [0.717, 1.165) is 10.9 Å². The molecule has 4 aromatic rings. The van der Waals surface area contributed by atoms with Gasteiger partial charge in [-0.2, -0.15) is 0 Å². The standard InChI is InChI=1S/C22H18N2O5S/c1-27-19-8-6-14(18-9-7-15(12-25)28-18)10-16(19)23-22(30)24-21(26)20-11-13-4-2-3-5-17(13)29-20/h2-11,25H,12H2,1H3,(H2,23,24,26,30). The van der Waals surface area contributed by atoms with E-state index in [1.807, 2.05) is 24.3 Å². The van der Waals surface area contributed by atoms with Crippen molar-refractivity contribution in [2.75, 3.05) is 12.4 Å². The van der Waals surface area contributed by atoms with Crippen LogP contribution in [-0.4, -0.2) is 23.2 Å². The van der Waals surface area contributed by atoms with E-state index < -0.39 is 5.91 Å². The summed E-state index contributed by atoms with van der Waals surface area (Å²) >= 11 is 5.29. The molecule has 0 saturated carbocycles. The van der Waals surface area contributed by atoms with Crippen molar-refractivity contribution in [3.05, 3.63) is 72.2 Å². The Morgan fingerprint density at radius 3 is 2.67 bits per heavy atom. The molecular formula is C22H18N2O5S. The molecule has 0 aliphatic carbocycles. The topological polar surface area (TPSA) is 96.9 Å². The Morgan fingerprint density at radius 2 is 1.93 bits per heavy atom. The lowest BCUT2D eigenvalue weighted by atomic mass is 10.1. The second-order valence-corrected chi connectivity index (χ2v) is 6.80. The van der Waals surface area contributed by atoms with Crippen LogP contribution in [-0.2, 0) is 6.61 Å². The van der Waals surface area contributed by atoms with Crippen LogP contribution < -0.4 is 15.4 Å². The first-order valence-electron chi connectivity index (χ1n) is 9.06. The molecule has 0 radical (unpaired) electrons. The van der Waals surface area contributed by atoms with Crippen LogP contribution in [0.1, 0.15) is 16.3 Å². The number of anilines is 1. The number of rotatable bonds is 5. The van der Waals surface area contributed by atoms with Crippen LogP contribution in [0.2, 0.25) is 0 Å². The zero-order chi connectivity index (χ0) is 21.1. The van der Waals surface area contributed by atoms with Gasteiger partial charge in [-0.05, 0) is 54.7 Å². The maximum atomic E-state index is 12.5. The molecule has 0 unspecified atom stereocenters. The van der Waals surface area contributed by atoms with E-state index in [0.29, 0.717) is 28.5 Å². The summed E-state index contributed by atoms with van der Waals surface area (Å²) in [4.78, 5) is 12.5. The normalized spacial score (nSPS) is 10.7. The van der Waals surface area contributed by atoms with Gasteiger partial charge < -0.3 is 24.0 Å². The zero-order valence-electron chi connectivity index (χ0n) is 16.0. The Balaban J connectivity index is 1.51. The van der Waals surface area contributed by atoms with Crippen molar-refractivity contribution in [2.24, 2.45) is 0 Å². The molecule has 30 heavy (non-hydrogen) atoms. The van der Waals surface area contributed by atoms with Gasteiger partial charge in [-0.1, -0.05) is 18.2 Å². The van der Waals surface area contributed by atoms with Crippen molar-refractivity contribution in [3.8, 4) is 17.1 Å². The first kappa shape index (κ1) is 19.7. The van der Waals surface area contributed by atoms with Gasteiger partial charge in [0.25, 0.3) is 5.91 Å². The Kier molecular flexibility index (Phi) is 5.51. The molecule has 2 aromatic carbocycles. The number of nitrogens with one attached hydrogen (secondary N) is 2. The van der Waals surface area contributed by atoms with E-state index >= 15 is 0 Å². The van der Waals surface area contributed by atoms with E-state index in [9.17, 15) is 9.90 Å². The molecule has 3 N–H and O–H groups in total. The maximum absolute atomic E-state index is 12.5. The number of para-hydroxylation sites is 1. The monoisotopic (exact) mass is 422 g/mol. The number of methoxy groups -OCH3 is 1. The molecule has 0 spiro atoms. The van der Waals surface area contributed by atoms with Crippen LogP contribution in [0.4, 0.5) is 5.69 Å². The SMILES string of the molecule is COc1ccc(-c2ccc(CO)o2)cc1NC(=S)NC(=O)c1cc2ccccc2o1. The number of aliphatic hydroxyl groups is 1. The fraction of sp³-hybridized carbons (Fsp3) is 0.0909. The molecule has 0 bridgehead atoms. The lowest BCUT2D eigenvalue weighted by Crippen LogP contribution is -2.34. The minimum absolute atomic E-state index is 0.0893. The predicted octanol–water partition coefficient (Wildman–Crippen LogP) is 4.32. The number of amides is 1. The molecule has 2 aromatic heterocycles. The highest BCUT2D eigenvalue weighted by atomic mass is 32.1. The fourth-order valence-corrected chi connectivity index (χ4v) is 3.19. The molecule has 7 nitrogen and oxygen atoms in total. The first-order valence-corrected chi connectivity index (χ1v) is 9.47. The molecule has 0 aliphatic heterocycles. The van der Waals surface area contributed by atoms with Crippen LogP contribution in [0.3, 0.4) is 0 Å². The summed E-state index contributed by atoms with van der Waals surface area (Å²) in [7, 11) is 1.53. The van der Waals surface area contributed by atoms with Crippen LogP contribution in [0.5, 0.6) is 5.75 Å². The molecule has 2 heterocycles. The number of carbonyl (C=O) groups excluding carboxylic acids is 1. The number of hydrogen-bond acceptors (Lipinski definition) is 6. The van der Waals surface area contributed by atoms with Gasteiger partial charge in [0.15, 0.2) is 10.9 Å². The second-order valence-electron chi connectivity index (χ2n) is 6.40. The van der Waals surface area contributed by atoms with Gasteiger partial charge in [0.1, 0.15) is 29.5 Å². The van der Waals surface area contributed by atoms with Crippen molar-refractivity contribution in [1.29, 1.82) is 0 Å². The fourth-order valence-electron chi connectivity index (χ4n) is 2.99. The summed E-state index contributed by atoms with van der Waals surface area (Å²) in [6, 6.07) is 17.8. The summed E-state index contributed by atoms with van der Waals surface area (Å²) in [5, 5.41) is 15.7. The van der Waals surface area contributed by atoms with Crippen LogP contribution in [0.25, 0.3) is 22.3 Å². The first-order chi connectivity index (χ1) is 14.6. The number of benzene rings is 2. The highest BCUT2D eigenvalue weighted by molar-refractivity contribution is 7.80. The van der Waals surface area contributed by atoms with Crippen LogP contribution in [0, 0.1) is 0 Å². The minimum Gasteiger partial charge on any atom is -0.495 e. The van der Waals surface area contributed by atoms with Gasteiger partial charge >= 0.3 is 0 Å². The highest BCUT2D eigenvalue weighted by Crippen LogP contribution is 2.31. The van der Waals surface area contributed by atoms with Gasteiger partial charge in [-0.3, -0.25) is 10.1 Å². The molecule has 1 amide bonds. The van der Waals surface area contributed by atoms with Crippen molar-refractivity contribution >= 4 is 39.9 Å². The van der Waals surface area contributed by atoms with Crippen molar-refractivity contribution in [2.45, 2.75) is 6.61 Å². The van der Waals surface area contributed by atoms with Crippen LogP contribution >= 0.6 is 12.2 Å². The third-order valence-electron chi connectivity index (χ3n) is 4.43. The number of hydrogen-bond donors (Lipinski definition) is 3. The lowest BCUT2D eigenvalue weighted by Gasteiger charge is -2.13. The summed E-state index contributed by atoms with van der Waals surface area (Å²) in [6.07, 6.45) is 0. The number of carbonyl (C=O) groups is 1. The quantitative estimate of drug-likeness (QED) is 0.412. The minimum atomic E-state index is -0.461. The maximum Gasteiger partial charge on any atom is 0.293 e. The number of ether oxygens (including phenoxy) is 1. The third kappa shape index (κ3) is 4.05. The molecule has 8 heteroatoms. The Bertz CT molecular complexity index is 1190. The molecule has 0 aliphatic rings. The molecule has 0 atom stereocenters. The molecule has 4 rings (SSSR count). The Morgan fingerprint density at radius 1 is 1.10 bits per heavy atom. The van der Waals surface area contributed by atoms with E-state index in [4.69, 9.17) is 25.8 Å². The summed E-state index contributed by atoms with van der Waals surface area (Å²) in [5.41, 5.74) is 1.92. The van der Waals surface area contributed by atoms with E-state index in [-0.39, 0.29) is 17.5 Å². The Labute approximate surface area is 177 Å². The molecule has 0 fully saturated rings. The smallest absolute Gasteiger partial charge is 0.293 e. The van der Waals surface area contributed by atoms with Gasteiger partial charge in [0, 0.05) is 10.9 Å². The second kappa shape index (κ2) is 8.40. The highest BCUT2D eigenvalue weighted by Gasteiger charge is 2.15. The lowest BCUT2D eigenvalue weighted by molar-refractivity contribution is 0.0953. The zero-order valence-corrected chi connectivity index (χ0v) is 16.8. The van der Waals surface area contributed by atoms with Gasteiger partial charge in [-0.15, -0.1) is 0 Å². The largest absolute Gasteiger partial charge is 0.495 e.